The topological polar surface area (TPSA) is 0 Å². The van der Waals surface area contributed by atoms with Gasteiger partial charge in [0.05, 0.1) is 0 Å². The van der Waals surface area contributed by atoms with Crippen LogP contribution in [0.4, 0.5) is 0 Å². The minimum absolute atomic E-state index is 0.938. The smallest absolute Gasteiger partial charge is 0.0381 e. The fraction of sp³-hybridized carbons (Fsp3) is 1.00. The lowest BCUT2D eigenvalue weighted by atomic mass is 9.65. The average molecular weight is 168 g/mol. The molecule has 0 bridgehead atoms. The van der Waals surface area contributed by atoms with Crippen LogP contribution in [0.25, 0.3) is 0 Å². The van der Waals surface area contributed by atoms with Crippen LogP contribution in [0.15, 0.2) is 0 Å². The van der Waals surface area contributed by atoms with Crippen LogP contribution in [0.1, 0.15) is 53.4 Å². The molecule has 0 aromatic rings. The van der Waals surface area contributed by atoms with Crippen LogP contribution in [-0.4, -0.2) is 0 Å². The van der Waals surface area contributed by atoms with Crippen LogP contribution in [0, 0.1) is 23.7 Å². The molecule has 0 heteroatoms. The van der Waals surface area contributed by atoms with Gasteiger partial charge in [-0.25, -0.2) is 0 Å². The highest BCUT2D eigenvalue weighted by Crippen LogP contribution is 2.43. The van der Waals surface area contributed by atoms with Crippen LogP contribution in [0.3, 0.4) is 0 Å². The highest BCUT2D eigenvalue weighted by Gasteiger charge is 2.33. The first-order valence-electron chi connectivity index (χ1n) is 5.69. The van der Waals surface area contributed by atoms with Crippen molar-refractivity contribution < 1.29 is 0 Å². The zero-order valence-electron chi connectivity index (χ0n) is 9.14. The van der Waals surface area contributed by atoms with E-state index in [1.54, 1.807) is 0 Å². The molecule has 1 saturated carbocycles. The summed E-state index contributed by atoms with van der Waals surface area (Å²) in [6.07, 6.45) is 5.79. The number of hydrogen-bond donors (Lipinski definition) is 0. The molecule has 0 saturated heterocycles. The molecular formula is C12H24. The lowest BCUT2D eigenvalue weighted by molar-refractivity contribution is 0.0966. The second-order valence-corrected chi connectivity index (χ2v) is 4.75. The Balaban J connectivity index is 2.23. The fourth-order valence-corrected chi connectivity index (χ4v) is 2.39. The van der Waals surface area contributed by atoms with E-state index in [0.717, 1.165) is 23.7 Å². The molecule has 0 heterocycles. The minimum atomic E-state index is 0.938. The molecule has 2 unspecified atom stereocenters. The fourth-order valence-electron chi connectivity index (χ4n) is 2.39. The predicted octanol–water partition coefficient (Wildman–Crippen LogP) is 4.10. The molecule has 0 aromatic carbocycles. The molecule has 2 atom stereocenters. The predicted molar refractivity (Wildman–Crippen MR) is 55.1 cm³/mol. The van der Waals surface area contributed by atoms with Crippen molar-refractivity contribution in [1.29, 1.82) is 0 Å². The summed E-state index contributed by atoms with van der Waals surface area (Å²) in [6.45, 7) is 9.50. The van der Waals surface area contributed by atoms with Gasteiger partial charge in [0.2, 0.25) is 0 Å². The van der Waals surface area contributed by atoms with Crippen LogP contribution in [0.2, 0.25) is 0 Å². The van der Waals surface area contributed by atoms with Crippen LogP contribution < -0.4 is 0 Å². The van der Waals surface area contributed by atoms with Crippen molar-refractivity contribution in [3.8, 4) is 0 Å². The third-order valence-corrected chi connectivity index (χ3v) is 4.13. The van der Waals surface area contributed by atoms with E-state index in [9.17, 15) is 0 Å². The first kappa shape index (κ1) is 10.1. The Morgan fingerprint density at radius 3 is 2.17 bits per heavy atom. The van der Waals surface area contributed by atoms with Crippen molar-refractivity contribution in [2.24, 2.45) is 23.7 Å². The maximum absolute atomic E-state index is 2.45. The Morgan fingerprint density at radius 2 is 1.75 bits per heavy atom. The van der Waals surface area contributed by atoms with Crippen LogP contribution >= 0.6 is 0 Å². The first-order valence-corrected chi connectivity index (χ1v) is 5.69. The number of hydrogen-bond acceptors (Lipinski definition) is 0. The molecular weight excluding hydrogens is 144 g/mol. The summed E-state index contributed by atoms with van der Waals surface area (Å²) in [5.74, 6) is 4.04. The summed E-state index contributed by atoms with van der Waals surface area (Å²) in [5, 5.41) is 0. The van der Waals surface area contributed by atoms with Gasteiger partial charge in [-0.1, -0.05) is 40.5 Å². The normalized spacial score (nSPS) is 34.0. The Bertz CT molecular complexity index is 122. The second-order valence-electron chi connectivity index (χ2n) is 4.75. The SMILES string of the molecule is CCC1CC(C(C)C(C)CC)C1. The molecule has 0 aliphatic heterocycles. The summed E-state index contributed by atoms with van der Waals surface area (Å²) in [6, 6.07) is 0. The monoisotopic (exact) mass is 168 g/mol. The molecule has 1 aliphatic rings. The number of rotatable bonds is 4. The van der Waals surface area contributed by atoms with E-state index in [4.69, 9.17) is 0 Å². The van der Waals surface area contributed by atoms with E-state index in [1.165, 1.54) is 25.7 Å². The van der Waals surface area contributed by atoms with E-state index in [2.05, 4.69) is 27.7 Å². The molecule has 0 N–H and O–H groups in total. The zero-order valence-corrected chi connectivity index (χ0v) is 9.14. The molecule has 0 spiro atoms. The Morgan fingerprint density at radius 1 is 1.17 bits per heavy atom. The van der Waals surface area contributed by atoms with Gasteiger partial charge in [0.1, 0.15) is 0 Å². The van der Waals surface area contributed by atoms with Crippen molar-refractivity contribution in [2.75, 3.05) is 0 Å². The largest absolute Gasteiger partial charge is 0.0651 e. The molecule has 12 heavy (non-hydrogen) atoms. The van der Waals surface area contributed by atoms with Crippen molar-refractivity contribution in [1.82, 2.24) is 0 Å². The van der Waals surface area contributed by atoms with Gasteiger partial charge in [0.15, 0.2) is 0 Å². The van der Waals surface area contributed by atoms with Gasteiger partial charge in [-0.2, -0.15) is 0 Å². The molecule has 0 radical (unpaired) electrons. The Hall–Kier alpha value is 0. The van der Waals surface area contributed by atoms with Crippen molar-refractivity contribution in [2.45, 2.75) is 53.4 Å². The van der Waals surface area contributed by atoms with E-state index >= 15 is 0 Å². The van der Waals surface area contributed by atoms with Crippen LogP contribution in [0.5, 0.6) is 0 Å². The Labute approximate surface area is 77.7 Å². The molecule has 0 aromatic heterocycles. The van der Waals surface area contributed by atoms with Gasteiger partial charge in [0, 0.05) is 0 Å². The van der Waals surface area contributed by atoms with E-state index in [-0.39, 0.29) is 0 Å². The zero-order chi connectivity index (χ0) is 9.14. The van der Waals surface area contributed by atoms with Gasteiger partial charge in [-0.15, -0.1) is 0 Å². The van der Waals surface area contributed by atoms with Crippen LogP contribution in [-0.2, 0) is 0 Å². The second kappa shape index (κ2) is 4.30. The quantitative estimate of drug-likeness (QED) is 0.592. The van der Waals surface area contributed by atoms with E-state index in [0.29, 0.717) is 0 Å². The molecule has 1 rings (SSSR count). The highest BCUT2D eigenvalue weighted by atomic mass is 14.4. The molecule has 1 aliphatic carbocycles. The third-order valence-electron chi connectivity index (χ3n) is 4.13. The van der Waals surface area contributed by atoms with Crippen molar-refractivity contribution in [3.05, 3.63) is 0 Å². The lowest BCUT2D eigenvalue weighted by Gasteiger charge is -2.41. The van der Waals surface area contributed by atoms with Gasteiger partial charge in [-0.3, -0.25) is 0 Å². The third kappa shape index (κ3) is 2.02. The summed E-state index contributed by atoms with van der Waals surface area (Å²) < 4.78 is 0. The van der Waals surface area contributed by atoms with E-state index in [1.807, 2.05) is 0 Å². The molecule has 0 nitrogen and oxygen atoms in total. The highest BCUT2D eigenvalue weighted by molar-refractivity contribution is 4.83. The average Bonchev–Trinajstić information content (AvgIpc) is 2.01. The molecule has 0 amide bonds. The summed E-state index contributed by atoms with van der Waals surface area (Å²) in [5.41, 5.74) is 0. The summed E-state index contributed by atoms with van der Waals surface area (Å²) in [7, 11) is 0. The standard InChI is InChI=1S/C12H24/c1-5-9(3)10(4)12-7-11(6-2)8-12/h9-12H,5-8H2,1-4H3. The lowest BCUT2D eigenvalue weighted by Crippen LogP contribution is -2.31. The maximum Gasteiger partial charge on any atom is -0.0381 e. The first-order chi connectivity index (χ1) is 5.69. The maximum atomic E-state index is 2.45. The minimum Gasteiger partial charge on any atom is -0.0651 e. The Kier molecular flexibility index (Phi) is 3.61. The summed E-state index contributed by atoms with van der Waals surface area (Å²) >= 11 is 0. The van der Waals surface area contributed by atoms with Gasteiger partial charge >= 0.3 is 0 Å². The molecule has 72 valence electrons. The van der Waals surface area contributed by atoms with E-state index < -0.39 is 0 Å². The van der Waals surface area contributed by atoms with Gasteiger partial charge in [-0.05, 0) is 36.5 Å². The van der Waals surface area contributed by atoms with Crippen molar-refractivity contribution in [3.63, 3.8) is 0 Å². The van der Waals surface area contributed by atoms with Gasteiger partial charge < -0.3 is 0 Å². The summed E-state index contributed by atoms with van der Waals surface area (Å²) in [4.78, 5) is 0. The van der Waals surface area contributed by atoms with Gasteiger partial charge in [0.25, 0.3) is 0 Å². The molecule has 1 fully saturated rings. The van der Waals surface area contributed by atoms with Crippen molar-refractivity contribution >= 4 is 0 Å².